The standard InChI is InChI=1S/C17H28O7/c1-17(19,24-16-5-3-2-4-6-16)15-23-14-13-22-12-11-21-10-9-20-8-7-18/h2-6,18-19H,7-15H2,1H3. The number of aliphatic hydroxyl groups is 2. The fourth-order valence-electron chi connectivity index (χ4n) is 1.76. The van der Waals surface area contributed by atoms with E-state index in [9.17, 15) is 5.11 Å². The molecule has 0 bridgehead atoms. The second-order valence-electron chi connectivity index (χ2n) is 5.20. The fourth-order valence-corrected chi connectivity index (χ4v) is 1.76. The Morgan fingerprint density at radius 3 is 1.83 bits per heavy atom. The SMILES string of the molecule is CC(O)(COCCOCCOCCOCCO)Oc1ccccc1. The van der Waals surface area contributed by atoms with Gasteiger partial charge in [-0.15, -0.1) is 0 Å². The van der Waals surface area contributed by atoms with Crippen LogP contribution in [0.4, 0.5) is 0 Å². The molecule has 1 unspecified atom stereocenters. The van der Waals surface area contributed by atoms with Crippen molar-refractivity contribution in [1.29, 1.82) is 0 Å². The van der Waals surface area contributed by atoms with Gasteiger partial charge in [-0.2, -0.15) is 0 Å². The van der Waals surface area contributed by atoms with E-state index < -0.39 is 5.79 Å². The van der Waals surface area contributed by atoms with E-state index >= 15 is 0 Å². The van der Waals surface area contributed by atoms with Gasteiger partial charge in [-0.1, -0.05) is 18.2 Å². The lowest BCUT2D eigenvalue weighted by atomic mass is 10.3. The lowest BCUT2D eigenvalue weighted by Gasteiger charge is -2.24. The zero-order chi connectivity index (χ0) is 17.5. The first-order chi connectivity index (χ1) is 11.6. The van der Waals surface area contributed by atoms with E-state index in [-0.39, 0.29) is 13.2 Å². The van der Waals surface area contributed by atoms with Crippen molar-refractivity contribution in [2.45, 2.75) is 12.7 Å². The molecule has 0 radical (unpaired) electrons. The Morgan fingerprint density at radius 2 is 1.29 bits per heavy atom. The number of ether oxygens (including phenoxy) is 5. The van der Waals surface area contributed by atoms with Crippen LogP contribution in [0.15, 0.2) is 30.3 Å². The van der Waals surface area contributed by atoms with Crippen LogP contribution in [-0.2, 0) is 18.9 Å². The largest absolute Gasteiger partial charge is 0.460 e. The second-order valence-corrected chi connectivity index (χ2v) is 5.20. The van der Waals surface area contributed by atoms with Crippen molar-refractivity contribution in [2.24, 2.45) is 0 Å². The Bertz CT molecular complexity index is 397. The molecule has 7 nitrogen and oxygen atoms in total. The van der Waals surface area contributed by atoms with Crippen molar-refractivity contribution in [3.8, 4) is 5.75 Å². The van der Waals surface area contributed by atoms with Gasteiger partial charge in [-0.3, -0.25) is 0 Å². The maximum absolute atomic E-state index is 10.1. The van der Waals surface area contributed by atoms with Crippen molar-refractivity contribution in [1.82, 2.24) is 0 Å². The molecule has 2 N–H and O–H groups in total. The molecule has 7 heteroatoms. The van der Waals surface area contributed by atoms with E-state index in [0.717, 1.165) is 0 Å². The van der Waals surface area contributed by atoms with Crippen LogP contribution in [0.3, 0.4) is 0 Å². The minimum Gasteiger partial charge on any atom is -0.460 e. The van der Waals surface area contributed by atoms with Crippen molar-refractivity contribution >= 4 is 0 Å². The number of aliphatic hydroxyl groups excluding tert-OH is 1. The molecule has 0 amide bonds. The molecule has 24 heavy (non-hydrogen) atoms. The summed E-state index contributed by atoms with van der Waals surface area (Å²) in [6, 6.07) is 9.09. The van der Waals surface area contributed by atoms with Gasteiger partial charge in [-0.05, 0) is 12.1 Å². The number of para-hydroxylation sites is 1. The molecule has 0 aliphatic heterocycles. The zero-order valence-electron chi connectivity index (χ0n) is 14.2. The van der Waals surface area contributed by atoms with Crippen molar-refractivity contribution < 1.29 is 33.9 Å². The van der Waals surface area contributed by atoms with Crippen LogP contribution < -0.4 is 4.74 Å². The molecule has 1 rings (SSSR count). The zero-order valence-corrected chi connectivity index (χ0v) is 14.2. The van der Waals surface area contributed by atoms with E-state index in [2.05, 4.69) is 0 Å². The van der Waals surface area contributed by atoms with Crippen LogP contribution in [0.1, 0.15) is 6.92 Å². The van der Waals surface area contributed by atoms with Gasteiger partial charge in [0.2, 0.25) is 5.79 Å². The minimum atomic E-state index is -1.39. The molecular formula is C17H28O7. The highest BCUT2D eigenvalue weighted by Crippen LogP contribution is 2.16. The number of rotatable bonds is 15. The molecule has 0 aliphatic carbocycles. The smallest absolute Gasteiger partial charge is 0.228 e. The highest BCUT2D eigenvalue weighted by atomic mass is 16.6. The molecule has 0 heterocycles. The molecule has 0 aromatic heterocycles. The lowest BCUT2D eigenvalue weighted by molar-refractivity contribution is -0.167. The van der Waals surface area contributed by atoms with E-state index in [1.807, 2.05) is 18.2 Å². The van der Waals surface area contributed by atoms with E-state index in [0.29, 0.717) is 52.0 Å². The summed E-state index contributed by atoms with van der Waals surface area (Å²) in [5.74, 6) is -0.804. The van der Waals surface area contributed by atoms with Gasteiger partial charge in [0.05, 0.1) is 52.9 Å². The van der Waals surface area contributed by atoms with Crippen LogP contribution >= 0.6 is 0 Å². The van der Waals surface area contributed by atoms with Gasteiger partial charge >= 0.3 is 0 Å². The van der Waals surface area contributed by atoms with Gasteiger partial charge in [-0.25, -0.2) is 0 Å². The Labute approximate surface area is 143 Å². The molecule has 0 aliphatic rings. The second kappa shape index (κ2) is 13.1. The quantitative estimate of drug-likeness (QED) is 0.360. The number of benzene rings is 1. The summed E-state index contributed by atoms with van der Waals surface area (Å²) in [5, 5.41) is 18.6. The normalized spacial score (nSPS) is 13.6. The third-order valence-electron chi connectivity index (χ3n) is 2.80. The summed E-state index contributed by atoms with van der Waals surface area (Å²) < 4.78 is 26.5. The fraction of sp³-hybridized carbons (Fsp3) is 0.647. The average molecular weight is 344 g/mol. The van der Waals surface area contributed by atoms with E-state index in [1.165, 1.54) is 0 Å². The van der Waals surface area contributed by atoms with Crippen molar-refractivity contribution in [3.63, 3.8) is 0 Å². The Morgan fingerprint density at radius 1 is 0.792 bits per heavy atom. The summed E-state index contributed by atoms with van der Waals surface area (Å²) in [6.07, 6.45) is 0. The summed E-state index contributed by atoms with van der Waals surface area (Å²) >= 11 is 0. The molecule has 0 spiro atoms. The van der Waals surface area contributed by atoms with Crippen LogP contribution in [0, 0.1) is 0 Å². The average Bonchev–Trinajstić information content (AvgIpc) is 2.56. The van der Waals surface area contributed by atoms with Gasteiger partial charge in [0.15, 0.2) is 0 Å². The number of hydrogen-bond donors (Lipinski definition) is 2. The molecule has 0 saturated heterocycles. The predicted octanol–water partition coefficient (Wildman–Crippen LogP) is 0.833. The topological polar surface area (TPSA) is 86.6 Å². The van der Waals surface area contributed by atoms with Gasteiger partial charge in [0.1, 0.15) is 12.4 Å². The monoisotopic (exact) mass is 344 g/mol. The van der Waals surface area contributed by atoms with E-state index in [4.69, 9.17) is 28.8 Å². The third-order valence-corrected chi connectivity index (χ3v) is 2.80. The van der Waals surface area contributed by atoms with E-state index in [1.54, 1.807) is 19.1 Å². The molecule has 1 aromatic carbocycles. The lowest BCUT2D eigenvalue weighted by Crippen LogP contribution is -2.37. The van der Waals surface area contributed by atoms with Crippen molar-refractivity contribution in [2.75, 3.05) is 59.5 Å². The Hall–Kier alpha value is -1.22. The van der Waals surface area contributed by atoms with Gasteiger partial charge < -0.3 is 33.9 Å². The predicted molar refractivity (Wildman–Crippen MR) is 88.1 cm³/mol. The van der Waals surface area contributed by atoms with Crippen molar-refractivity contribution in [3.05, 3.63) is 30.3 Å². The van der Waals surface area contributed by atoms with Crippen LogP contribution in [-0.4, -0.2) is 75.5 Å². The third kappa shape index (κ3) is 11.3. The van der Waals surface area contributed by atoms with Crippen LogP contribution in [0.25, 0.3) is 0 Å². The summed E-state index contributed by atoms with van der Waals surface area (Å²) in [6.45, 7) is 4.57. The summed E-state index contributed by atoms with van der Waals surface area (Å²) in [4.78, 5) is 0. The molecule has 1 aromatic rings. The molecule has 138 valence electrons. The molecule has 0 saturated carbocycles. The summed E-state index contributed by atoms with van der Waals surface area (Å²) in [5.41, 5.74) is 0. The first-order valence-corrected chi connectivity index (χ1v) is 8.02. The van der Waals surface area contributed by atoms with Gasteiger partial charge in [0, 0.05) is 6.92 Å². The maximum Gasteiger partial charge on any atom is 0.228 e. The highest BCUT2D eigenvalue weighted by Gasteiger charge is 2.22. The number of hydrogen-bond acceptors (Lipinski definition) is 7. The van der Waals surface area contributed by atoms with Crippen LogP contribution in [0.2, 0.25) is 0 Å². The Kier molecular flexibility index (Phi) is 11.4. The molecular weight excluding hydrogens is 316 g/mol. The summed E-state index contributed by atoms with van der Waals surface area (Å²) in [7, 11) is 0. The first kappa shape index (κ1) is 20.8. The Balaban J connectivity index is 1.92. The first-order valence-electron chi connectivity index (χ1n) is 8.02. The molecule has 0 fully saturated rings. The van der Waals surface area contributed by atoms with Gasteiger partial charge in [0.25, 0.3) is 0 Å². The van der Waals surface area contributed by atoms with Crippen LogP contribution in [0.5, 0.6) is 5.75 Å². The minimum absolute atomic E-state index is 0.0202. The highest BCUT2D eigenvalue weighted by molar-refractivity contribution is 5.21. The molecule has 1 atom stereocenters. The maximum atomic E-state index is 10.1.